The number of aliphatic hydroxyl groups is 1. The van der Waals surface area contributed by atoms with E-state index in [4.69, 9.17) is 5.73 Å². The molecule has 0 saturated heterocycles. The number of hydrogen-bond donors (Lipinski definition) is 2. The van der Waals surface area contributed by atoms with Gasteiger partial charge in [-0.05, 0) is 85.9 Å². The van der Waals surface area contributed by atoms with Gasteiger partial charge in [-0.1, -0.05) is 65.5 Å². The molecule has 0 heterocycles. The molecule has 174 valence electrons. The van der Waals surface area contributed by atoms with Crippen LogP contribution in [0.25, 0.3) is 0 Å². The molecule has 1 unspecified atom stereocenters. The van der Waals surface area contributed by atoms with Gasteiger partial charge < -0.3 is 10.8 Å². The van der Waals surface area contributed by atoms with Gasteiger partial charge >= 0.3 is 0 Å². The Balaban J connectivity index is 0.00000256. The van der Waals surface area contributed by atoms with Gasteiger partial charge in [0.25, 0.3) is 0 Å². The number of hydrogen-bond acceptors (Lipinski definition) is 2. The quantitative estimate of drug-likeness (QED) is 0.467. The SMILES string of the molecule is CC(C)CCC[C@@H](C)[C@H]1CC[C@H]2[C@@H]3CC=C4C[C@H](O)CC(N)[C@]4(C)[C@H]3CC[C@]12C.Cl. The maximum absolute atomic E-state index is 10.3. The zero-order chi connectivity index (χ0) is 21.0. The topological polar surface area (TPSA) is 46.2 Å². The zero-order valence-electron chi connectivity index (χ0n) is 20.2. The number of allylic oxidation sites excluding steroid dienone is 1. The highest BCUT2D eigenvalue weighted by Gasteiger charge is 2.60. The fraction of sp³-hybridized carbons (Fsp3) is 0.926. The molecule has 30 heavy (non-hydrogen) atoms. The second-order valence-electron chi connectivity index (χ2n) is 12.4. The zero-order valence-corrected chi connectivity index (χ0v) is 21.0. The minimum absolute atomic E-state index is 0. The van der Waals surface area contributed by atoms with Crippen LogP contribution in [0.5, 0.6) is 0 Å². The largest absolute Gasteiger partial charge is 0.393 e. The summed E-state index contributed by atoms with van der Waals surface area (Å²) < 4.78 is 0. The maximum atomic E-state index is 10.3. The number of rotatable bonds is 5. The van der Waals surface area contributed by atoms with Gasteiger partial charge in [0, 0.05) is 11.5 Å². The van der Waals surface area contributed by atoms with E-state index in [1.54, 1.807) is 0 Å². The van der Waals surface area contributed by atoms with Crippen LogP contribution in [0.15, 0.2) is 11.6 Å². The first-order valence-electron chi connectivity index (χ1n) is 12.8. The Kier molecular flexibility index (Phi) is 7.43. The molecule has 0 aliphatic heterocycles. The van der Waals surface area contributed by atoms with E-state index in [1.165, 1.54) is 56.9 Å². The van der Waals surface area contributed by atoms with Crippen LogP contribution >= 0.6 is 12.4 Å². The molecule has 0 amide bonds. The molecule has 4 aliphatic rings. The maximum Gasteiger partial charge on any atom is 0.0592 e. The summed E-state index contributed by atoms with van der Waals surface area (Å²) in [6.07, 6.45) is 15.0. The predicted octanol–water partition coefficient (Wildman–Crippen LogP) is 6.75. The van der Waals surface area contributed by atoms with Crippen LogP contribution < -0.4 is 5.73 Å². The van der Waals surface area contributed by atoms with Gasteiger partial charge in [0.05, 0.1) is 6.10 Å². The van der Waals surface area contributed by atoms with Crippen molar-refractivity contribution in [3.05, 3.63) is 11.6 Å². The van der Waals surface area contributed by atoms with Crippen molar-refractivity contribution >= 4 is 12.4 Å². The van der Waals surface area contributed by atoms with Crippen molar-refractivity contribution in [2.24, 2.45) is 52.1 Å². The van der Waals surface area contributed by atoms with E-state index < -0.39 is 0 Å². The fourth-order valence-electron chi connectivity index (χ4n) is 8.81. The first-order valence-corrected chi connectivity index (χ1v) is 12.8. The minimum Gasteiger partial charge on any atom is -0.393 e. The second-order valence-corrected chi connectivity index (χ2v) is 12.4. The molecule has 4 rings (SSSR count). The second kappa shape index (κ2) is 9.06. The van der Waals surface area contributed by atoms with Crippen molar-refractivity contribution in [1.82, 2.24) is 0 Å². The third-order valence-electron chi connectivity index (χ3n) is 10.5. The Bertz CT molecular complexity index is 632. The minimum atomic E-state index is -0.225. The lowest BCUT2D eigenvalue weighted by atomic mass is 9.46. The molecule has 0 aromatic rings. The Labute approximate surface area is 192 Å². The third-order valence-corrected chi connectivity index (χ3v) is 10.5. The average Bonchev–Trinajstić information content (AvgIpc) is 3.00. The molecule has 3 N–H and O–H groups in total. The summed E-state index contributed by atoms with van der Waals surface area (Å²) >= 11 is 0. The Morgan fingerprint density at radius 2 is 1.83 bits per heavy atom. The summed E-state index contributed by atoms with van der Waals surface area (Å²) in [5, 5.41) is 10.3. The monoisotopic (exact) mass is 437 g/mol. The van der Waals surface area contributed by atoms with Crippen LogP contribution in [0.2, 0.25) is 0 Å². The Morgan fingerprint density at radius 3 is 2.53 bits per heavy atom. The van der Waals surface area contributed by atoms with Crippen LogP contribution in [0, 0.1) is 46.3 Å². The van der Waals surface area contributed by atoms with Gasteiger partial charge in [-0.3, -0.25) is 0 Å². The van der Waals surface area contributed by atoms with E-state index in [-0.39, 0.29) is 30.0 Å². The smallest absolute Gasteiger partial charge is 0.0592 e. The van der Waals surface area contributed by atoms with Gasteiger partial charge in [-0.25, -0.2) is 0 Å². The summed E-state index contributed by atoms with van der Waals surface area (Å²) in [6.45, 7) is 12.4. The molecule has 3 heteroatoms. The molecule has 9 atom stereocenters. The molecule has 0 bridgehead atoms. The predicted molar refractivity (Wildman–Crippen MR) is 130 cm³/mol. The number of nitrogens with two attached hydrogens (primary N) is 1. The van der Waals surface area contributed by atoms with Crippen LogP contribution in [-0.2, 0) is 0 Å². The van der Waals surface area contributed by atoms with Gasteiger partial charge in [0.1, 0.15) is 0 Å². The van der Waals surface area contributed by atoms with Crippen LogP contribution in [0.3, 0.4) is 0 Å². The summed E-state index contributed by atoms with van der Waals surface area (Å²) in [5.41, 5.74) is 8.91. The first-order chi connectivity index (χ1) is 13.7. The standard InChI is InChI=1S/C27H47NO.ClH/c1-17(2)7-6-8-18(3)22-11-12-23-21-10-9-19-15-20(29)16-25(28)27(19,5)24(21)13-14-26(22,23)4;/h9,17-18,20-25,29H,6-8,10-16,28H2,1-5H3;1H/t18-,20+,21+,22-,23+,24+,25?,26-,27+;/m1./s1. The summed E-state index contributed by atoms with van der Waals surface area (Å²) in [6, 6.07) is 0.127. The summed E-state index contributed by atoms with van der Waals surface area (Å²) in [7, 11) is 0. The van der Waals surface area contributed by atoms with E-state index in [1.807, 2.05) is 0 Å². The van der Waals surface area contributed by atoms with Crippen molar-refractivity contribution in [1.29, 1.82) is 0 Å². The van der Waals surface area contributed by atoms with Crippen LogP contribution in [0.4, 0.5) is 0 Å². The van der Waals surface area contributed by atoms with E-state index >= 15 is 0 Å². The fourth-order valence-corrected chi connectivity index (χ4v) is 8.81. The van der Waals surface area contributed by atoms with Gasteiger partial charge in [-0.15, -0.1) is 12.4 Å². The highest BCUT2D eigenvalue weighted by atomic mass is 35.5. The van der Waals surface area contributed by atoms with Crippen molar-refractivity contribution in [3.63, 3.8) is 0 Å². The van der Waals surface area contributed by atoms with Gasteiger partial charge in [-0.2, -0.15) is 0 Å². The van der Waals surface area contributed by atoms with Crippen LogP contribution in [-0.4, -0.2) is 17.3 Å². The number of halogens is 1. The lowest BCUT2D eigenvalue weighted by molar-refractivity contribution is -0.0638. The number of fused-ring (bicyclic) bond motifs is 5. The van der Waals surface area contributed by atoms with Gasteiger partial charge in [0.2, 0.25) is 0 Å². The van der Waals surface area contributed by atoms with Crippen molar-refractivity contribution < 1.29 is 5.11 Å². The lowest BCUT2D eigenvalue weighted by Crippen LogP contribution is -2.58. The first kappa shape index (κ1) is 24.6. The highest BCUT2D eigenvalue weighted by Crippen LogP contribution is 2.67. The van der Waals surface area contributed by atoms with E-state index in [9.17, 15) is 5.11 Å². The molecule has 3 saturated carbocycles. The van der Waals surface area contributed by atoms with Crippen molar-refractivity contribution in [2.75, 3.05) is 0 Å². The number of aliphatic hydroxyl groups excluding tert-OH is 1. The van der Waals surface area contributed by atoms with E-state index in [0.29, 0.717) is 5.41 Å². The highest BCUT2D eigenvalue weighted by molar-refractivity contribution is 5.85. The summed E-state index contributed by atoms with van der Waals surface area (Å²) in [5.74, 6) is 5.06. The molecule has 0 spiro atoms. The third kappa shape index (κ3) is 3.92. The van der Waals surface area contributed by atoms with Crippen LogP contribution in [0.1, 0.15) is 98.8 Å². The van der Waals surface area contributed by atoms with E-state index in [0.717, 1.165) is 48.3 Å². The average molecular weight is 438 g/mol. The molecule has 0 aromatic carbocycles. The molecule has 3 fully saturated rings. The Hall–Kier alpha value is -0.0500. The van der Waals surface area contributed by atoms with Crippen molar-refractivity contribution in [2.45, 2.75) is 111 Å². The normalized spacial score (nSPS) is 46.3. The lowest BCUT2D eigenvalue weighted by Gasteiger charge is -2.60. The molecule has 0 aromatic heterocycles. The molecular weight excluding hydrogens is 390 g/mol. The van der Waals surface area contributed by atoms with Gasteiger partial charge in [0.15, 0.2) is 0 Å². The molecule has 2 nitrogen and oxygen atoms in total. The van der Waals surface area contributed by atoms with E-state index in [2.05, 4.69) is 40.7 Å². The molecular formula is C27H48ClNO. The molecule has 4 aliphatic carbocycles. The Morgan fingerprint density at radius 1 is 1.10 bits per heavy atom. The molecule has 0 radical (unpaired) electrons. The van der Waals surface area contributed by atoms with Crippen molar-refractivity contribution in [3.8, 4) is 0 Å². The summed E-state index contributed by atoms with van der Waals surface area (Å²) in [4.78, 5) is 0.